The molecule has 0 spiro atoms. The van der Waals surface area contributed by atoms with Crippen molar-refractivity contribution in [1.82, 2.24) is 9.97 Å². The second-order valence-electron chi connectivity index (χ2n) is 3.37. The van der Waals surface area contributed by atoms with Crippen LogP contribution in [0.1, 0.15) is 19.5 Å². The van der Waals surface area contributed by atoms with E-state index in [4.69, 9.17) is 5.73 Å². The summed E-state index contributed by atoms with van der Waals surface area (Å²) in [6, 6.07) is 0. The van der Waals surface area contributed by atoms with E-state index in [9.17, 15) is 5.11 Å². The van der Waals surface area contributed by atoms with E-state index in [0.717, 1.165) is 0 Å². The zero-order valence-corrected chi connectivity index (χ0v) is 7.94. The zero-order valence-electron chi connectivity index (χ0n) is 7.94. The van der Waals surface area contributed by atoms with Crippen LogP contribution in [-0.4, -0.2) is 21.6 Å². The van der Waals surface area contributed by atoms with Crippen molar-refractivity contribution in [1.29, 1.82) is 0 Å². The Morgan fingerprint density at radius 3 is 2.62 bits per heavy atom. The zero-order chi connectivity index (χ0) is 9.90. The maximum absolute atomic E-state index is 10.1. The third-order valence-corrected chi connectivity index (χ3v) is 2.27. The van der Waals surface area contributed by atoms with Gasteiger partial charge in [0, 0.05) is 18.9 Å². The first-order valence-corrected chi connectivity index (χ1v) is 4.30. The van der Waals surface area contributed by atoms with Gasteiger partial charge in [-0.1, -0.05) is 13.8 Å². The lowest BCUT2D eigenvalue weighted by Gasteiger charge is -2.29. The van der Waals surface area contributed by atoms with Gasteiger partial charge in [0.2, 0.25) is 0 Å². The molecule has 0 amide bonds. The Morgan fingerprint density at radius 2 is 2.23 bits per heavy atom. The van der Waals surface area contributed by atoms with E-state index in [1.807, 2.05) is 13.8 Å². The predicted octanol–water partition coefficient (Wildman–Crippen LogP) is 0.279. The van der Waals surface area contributed by atoms with E-state index < -0.39 is 5.60 Å². The summed E-state index contributed by atoms with van der Waals surface area (Å²) in [5.74, 6) is 0.0224. The fourth-order valence-electron chi connectivity index (χ4n) is 1.16. The van der Waals surface area contributed by atoms with Crippen molar-refractivity contribution in [2.45, 2.75) is 19.4 Å². The SMILES string of the molecule is CC(C)C(O)(CN)c1cnccn1. The molecule has 0 aliphatic heterocycles. The van der Waals surface area contributed by atoms with Crippen LogP contribution in [0.25, 0.3) is 0 Å². The molecule has 3 N–H and O–H groups in total. The summed E-state index contributed by atoms with van der Waals surface area (Å²) in [4.78, 5) is 7.95. The molecule has 1 atom stereocenters. The van der Waals surface area contributed by atoms with Gasteiger partial charge in [0.05, 0.1) is 11.9 Å². The highest BCUT2D eigenvalue weighted by atomic mass is 16.3. The largest absolute Gasteiger partial charge is 0.382 e. The van der Waals surface area contributed by atoms with Crippen molar-refractivity contribution >= 4 is 0 Å². The molecule has 1 rings (SSSR count). The number of nitrogens with two attached hydrogens (primary N) is 1. The number of hydrogen-bond donors (Lipinski definition) is 2. The van der Waals surface area contributed by atoms with Gasteiger partial charge in [0.1, 0.15) is 5.60 Å². The highest BCUT2D eigenvalue weighted by Crippen LogP contribution is 2.25. The van der Waals surface area contributed by atoms with E-state index in [-0.39, 0.29) is 12.5 Å². The van der Waals surface area contributed by atoms with Crippen LogP contribution < -0.4 is 5.73 Å². The van der Waals surface area contributed by atoms with Gasteiger partial charge in [-0.15, -0.1) is 0 Å². The molecule has 0 aliphatic rings. The molecule has 4 nitrogen and oxygen atoms in total. The first kappa shape index (κ1) is 10.1. The Kier molecular flexibility index (Phi) is 2.95. The normalized spacial score (nSPS) is 15.8. The third-order valence-electron chi connectivity index (χ3n) is 2.27. The monoisotopic (exact) mass is 181 g/mol. The maximum Gasteiger partial charge on any atom is 0.122 e. The fourth-order valence-corrected chi connectivity index (χ4v) is 1.16. The predicted molar refractivity (Wildman–Crippen MR) is 49.8 cm³/mol. The summed E-state index contributed by atoms with van der Waals surface area (Å²) in [6.45, 7) is 3.96. The van der Waals surface area contributed by atoms with Gasteiger partial charge >= 0.3 is 0 Å². The lowest BCUT2D eigenvalue weighted by Crippen LogP contribution is -2.40. The Labute approximate surface area is 77.8 Å². The maximum atomic E-state index is 10.1. The molecular formula is C9H15N3O. The van der Waals surface area contributed by atoms with Crippen molar-refractivity contribution in [3.63, 3.8) is 0 Å². The second-order valence-corrected chi connectivity index (χ2v) is 3.37. The van der Waals surface area contributed by atoms with Crippen molar-refractivity contribution in [2.24, 2.45) is 11.7 Å². The quantitative estimate of drug-likeness (QED) is 0.702. The highest BCUT2D eigenvalue weighted by molar-refractivity contribution is 5.09. The number of aromatic nitrogens is 2. The summed E-state index contributed by atoms with van der Waals surface area (Å²) < 4.78 is 0. The van der Waals surface area contributed by atoms with Crippen LogP contribution in [-0.2, 0) is 5.60 Å². The molecule has 0 fully saturated rings. The van der Waals surface area contributed by atoms with Gasteiger partial charge in [0.25, 0.3) is 0 Å². The molecule has 0 aliphatic carbocycles. The van der Waals surface area contributed by atoms with E-state index in [1.54, 1.807) is 18.6 Å². The van der Waals surface area contributed by atoms with Gasteiger partial charge in [-0.25, -0.2) is 0 Å². The molecule has 0 aromatic carbocycles. The molecule has 1 aromatic heterocycles. The van der Waals surface area contributed by atoms with Gasteiger partial charge in [-0.2, -0.15) is 0 Å². The molecule has 4 heteroatoms. The Balaban J connectivity index is 3.03. The molecule has 72 valence electrons. The van der Waals surface area contributed by atoms with Crippen molar-refractivity contribution in [2.75, 3.05) is 6.54 Å². The minimum Gasteiger partial charge on any atom is -0.382 e. The topological polar surface area (TPSA) is 72.0 Å². The molecule has 1 heterocycles. The molecule has 0 bridgehead atoms. The number of aliphatic hydroxyl groups is 1. The lowest BCUT2D eigenvalue weighted by atomic mass is 9.87. The van der Waals surface area contributed by atoms with Crippen LogP contribution in [0, 0.1) is 5.92 Å². The Hall–Kier alpha value is -1.00. The van der Waals surface area contributed by atoms with E-state index in [2.05, 4.69) is 9.97 Å². The van der Waals surface area contributed by atoms with Gasteiger partial charge in [-0.3, -0.25) is 9.97 Å². The minimum atomic E-state index is -1.06. The van der Waals surface area contributed by atoms with Crippen molar-refractivity contribution < 1.29 is 5.11 Å². The molecule has 0 saturated carbocycles. The van der Waals surface area contributed by atoms with Crippen LogP contribution in [0.5, 0.6) is 0 Å². The van der Waals surface area contributed by atoms with Gasteiger partial charge < -0.3 is 10.8 Å². The van der Waals surface area contributed by atoms with Crippen LogP contribution in [0.2, 0.25) is 0 Å². The molecule has 0 radical (unpaired) electrons. The van der Waals surface area contributed by atoms with Gasteiger partial charge in [-0.05, 0) is 5.92 Å². The Morgan fingerprint density at radius 1 is 1.54 bits per heavy atom. The number of nitrogens with zero attached hydrogens (tertiary/aromatic N) is 2. The smallest absolute Gasteiger partial charge is 0.122 e. The van der Waals surface area contributed by atoms with Crippen molar-refractivity contribution in [3.8, 4) is 0 Å². The van der Waals surface area contributed by atoms with Gasteiger partial charge in [0.15, 0.2) is 0 Å². The molecule has 1 unspecified atom stereocenters. The summed E-state index contributed by atoms with van der Waals surface area (Å²) >= 11 is 0. The van der Waals surface area contributed by atoms with E-state index in [1.165, 1.54) is 0 Å². The summed E-state index contributed by atoms with van der Waals surface area (Å²) in [6.07, 6.45) is 4.67. The second kappa shape index (κ2) is 3.81. The average molecular weight is 181 g/mol. The third kappa shape index (κ3) is 1.84. The fraction of sp³-hybridized carbons (Fsp3) is 0.556. The minimum absolute atomic E-state index is 0.0224. The van der Waals surface area contributed by atoms with Crippen LogP contribution >= 0.6 is 0 Å². The van der Waals surface area contributed by atoms with Crippen LogP contribution in [0.4, 0.5) is 0 Å². The Bertz CT molecular complexity index is 263. The summed E-state index contributed by atoms with van der Waals surface area (Å²) in [7, 11) is 0. The summed E-state index contributed by atoms with van der Waals surface area (Å²) in [5.41, 5.74) is 5.00. The molecule has 0 saturated heterocycles. The van der Waals surface area contributed by atoms with Crippen molar-refractivity contribution in [3.05, 3.63) is 24.3 Å². The first-order chi connectivity index (χ1) is 6.11. The molecular weight excluding hydrogens is 166 g/mol. The highest BCUT2D eigenvalue weighted by Gasteiger charge is 2.33. The molecule has 1 aromatic rings. The first-order valence-electron chi connectivity index (χ1n) is 4.30. The lowest BCUT2D eigenvalue weighted by molar-refractivity contribution is -0.00557. The average Bonchev–Trinajstić information content (AvgIpc) is 2.17. The standard InChI is InChI=1S/C9H15N3O/c1-7(2)9(13,6-10)8-5-11-3-4-12-8/h3-5,7,13H,6,10H2,1-2H3. The van der Waals surface area contributed by atoms with E-state index in [0.29, 0.717) is 5.69 Å². The molecule has 13 heavy (non-hydrogen) atoms. The summed E-state index contributed by atoms with van der Waals surface area (Å²) in [5, 5.41) is 10.1. The number of rotatable bonds is 3. The number of hydrogen-bond acceptors (Lipinski definition) is 4. The van der Waals surface area contributed by atoms with E-state index >= 15 is 0 Å². The van der Waals surface area contributed by atoms with Crippen LogP contribution in [0.3, 0.4) is 0 Å². The van der Waals surface area contributed by atoms with Crippen LogP contribution in [0.15, 0.2) is 18.6 Å².